The Bertz CT molecular complexity index is 909. The standard InChI is InChI=1S/C19H16ClNO2/c1-12-3-6-17(13(2)9-12)21-19(22)8-5-16-11-14-10-15(20)4-7-18(14)23-16/h3-11H,1-2H3,(H,21,22)/b8-5+. The van der Waals surface area contributed by atoms with Gasteiger partial charge in [-0.25, -0.2) is 0 Å². The number of carbonyl (C=O) groups is 1. The van der Waals surface area contributed by atoms with Gasteiger partial charge in [0.05, 0.1) is 0 Å². The van der Waals surface area contributed by atoms with E-state index in [1.54, 1.807) is 12.1 Å². The number of fused-ring (bicyclic) bond motifs is 1. The van der Waals surface area contributed by atoms with Gasteiger partial charge < -0.3 is 9.73 Å². The molecule has 0 spiro atoms. The van der Waals surface area contributed by atoms with Crippen molar-refractivity contribution in [3.63, 3.8) is 0 Å². The first-order chi connectivity index (χ1) is 11.0. The van der Waals surface area contributed by atoms with Gasteiger partial charge in [0.25, 0.3) is 0 Å². The highest BCUT2D eigenvalue weighted by atomic mass is 35.5. The monoisotopic (exact) mass is 325 g/mol. The number of hydrogen-bond donors (Lipinski definition) is 1. The Labute approximate surface area is 139 Å². The predicted molar refractivity (Wildman–Crippen MR) is 94.8 cm³/mol. The minimum Gasteiger partial charge on any atom is -0.457 e. The minimum absolute atomic E-state index is 0.199. The van der Waals surface area contributed by atoms with Crippen molar-refractivity contribution in [3.8, 4) is 0 Å². The van der Waals surface area contributed by atoms with Crippen molar-refractivity contribution in [2.75, 3.05) is 5.32 Å². The molecule has 0 unspecified atom stereocenters. The fourth-order valence-electron chi connectivity index (χ4n) is 2.40. The molecule has 0 bridgehead atoms. The Morgan fingerprint density at radius 3 is 2.74 bits per heavy atom. The second-order valence-corrected chi connectivity index (χ2v) is 5.91. The molecule has 23 heavy (non-hydrogen) atoms. The van der Waals surface area contributed by atoms with Crippen LogP contribution in [0.4, 0.5) is 5.69 Å². The first-order valence-electron chi connectivity index (χ1n) is 7.27. The van der Waals surface area contributed by atoms with Gasteiger partial charge in [0.1, 0.15) is 11.3 Å². The van der Waals surface area contributed by atoms with Gasteiger partial charge >= 0.3 is 0 Å². The minimum atomic E-state index is -0.199. The van der Waals surface area contributed by atoms with Crippen LogP contribution in [-0.4, -0.2) is 5.91 Å². The highest BCUT2D eigenvalue weighted by molar-refractivity contribution is 6.31. The van der Waals surface area contributed by atoms with E-state index in [-0.39, 0.29) is 5.91 Å². The molecule has 4 heteroatoms. The lowest BCUT2D eigenvalue weighted by Gasteiger charge is -2.06. The summed E-state index contributed by atoms with van der Waals surface area (Å²) in [5.74, 6) is 0.411. The van der Waals surface area contributed by atoms with E-state index in [0.717, 1.165) is 27.8 Å². The summed E-state index contributed by atoms with van der Waals surface area (Å²) < 4.78 is 5.64. The third-order valence-corrected chi connectivity index (χ3v) is 3.77. The summed E-state index contributed by atoms with van der Waals surface area (Å²) in [5, 5.41) is 4.43. The van der Waals surface area contributed by atoms with Gasteiger partial charge in [-0.3, -0.25) is 4.79 Å². The summed E-state index contributed by atoms with van der Waals surface area (Å²) in [6.45, 7) is 3.99. The smallest absolute Gasteiger partial charge is 0.248 e. The van der Waals surface area contributed by atoms with Crippen LogP contribution in [0.3, 0.4) is 0 Å². The van der Waals surface area contributed by atoms with Crippen LogP contribution in [0.15, 0.2) is 53.0 Å². The zero-order chi connectivity index (χ0) is 16.4. The molecule has 1 N–H and O–H groups in total. The van der Waals surface area contributed by atoms with E-state index in [1.165, 1.54) is 6.08 Å². The van der Waals surface area contributed by atoms with Gasteiger partial charge in [0.2, 0.25) is 5.91 Å². The first-order valence-corrected chi connectivity index (χ1v) is 7.64. The Balaban J connectivity index is 1.74. The summed E-state index contributed by atoms with van der Waals surface area (Å²) in [6.07, 6.45) is 3.10. The summed E-state index contributed by atoms with van der Waals surface area (Å²) in [5.41, 5.74) is 3.74. The van der Waals surface area contributed by atoms with Crippen molar-refractivity contribution in [2.45, 2.75) is 13.8 Å². The maximum Gasteiger partial charge on any atom is 0.248 e. The number of benzene rings is 2. The number of aryl methyl sites for hydroxylation is 2. The molecular formula is C19H16ClNO2. The molecule has 0 fully saturated rings. The summed E-state index contributed by atoms with van der Waals surface area (Å²) in [4.78, 5) is 12.0. The molecule has 0 aliphatic carbocycles. The third-order valence-electron chi connectivity index (χ3n) is 3.54. The Morgan fingerprint density at radius 2 is 1.96 bits per heavy atom. The normalized spacial score (nSPS) is 11.3. The molecule has 1 amide bonds. The Kier molecular flexibility index (Phi) is 4.22. The molecule has 0 aliphatic rings. The number of hydrogen-bond acceptors (Lipinski definition) is 2. The molecule has 0 saturated heterocycles. The molecule has 1 heterocycles. The van der Waals surface area contributed by atoms with Crippen molar-refractivity contribution in [2.24, 2.45) is 0 Å². The van der Waals surface area contributed by atoms with Crippen LogP contribution >= 0.6 is 11.6 Å². The van der Waals surface area contributed by atoms with Gasteiger partial charge in [-0.15, -0.1) is 0 Å². The summed E-state index contributed by atoms with van der Waals surface area (Å²) in [7, 11) is 0. The molecule has 3 aromatic rings. The SMILES string of the molecule is Cc1ccc(NC(=O)/C=C/c2cc3cc(Cl)ccc3o2)c(C)c1. The zero-order valence-electron chi connectivity index (χ0n) is 12.9. The highest BCUT2D eigenvalue weighted by Gasteiger charge is 2.04. The number of furan rings is 1. The van der Waals surface area contributed by atoms with Gasteiger partial charge in [0, 0.05) is 22.2 Å². The molecular weight excluding hydrogens is 310 g/mol. The van der Waals surface area contributed by atoms with Crippen molar-refractivity contribution < 1.29 is 9.21 Å². The third kappa shape index (κ3) is 3.63. The van der Waals surface area contributed by atoms with Crippen molar-refractivity contribution in [1.29, 1.82) is 0 Å². The van der Waals surface area contributed by atoms with E-state index < -0.39 is 0 Å². The second-order valence-electron chi connectivity index (χ2n) is 5.47. The van der Waals surface area contributed by atoms with Crippen molar-refractivity contribution >= 4 is 40.2 Å². The maximum atomic E-state index is 12.0. The second kappa shape index (κ2) is 6.31. The number of anilines is 1. The van der Waals surface area contributed by atoms with Crippen LogP contribution in [-0.2, 0) is 4.79 Å². The van der Waals surface area contributed by atoms with E-state index in [0.29, 0.717) is 10.8 Å². The van der Waals surface area contributed by atoms with Crippen LogP contribution in [0.5, 0.6) is 0 Å². The first kappa shape index (κ1) is 15.4. The molecule has 0 radical (unpaired) electrons. The summed E-state index contributed by atoms with van der Waals surface area (Å²) >= 11 is 5.95. The van der Waals surface area contributed by atoms with Gasteiger partial charge in [-0.05, 0) is 55.8 Å². The van der Waals surface area contributed by atoms with Gasteiger partial charge in [-0.2, -0.15) is 0 Å². The quantitative estimate of drug-likeness (QED) is 0.659. The molecule has 116 valence electrons. The molecule has 0 aliphatic heterocycles. The maximum absolute atomic E-state index is 12.0. The van der Waals surface area contributed by atoms with E-state index >= 15 is 0 Å². The number of nitrogens with one attached hydrogen (secondary N) is 1. The lowest BCUT2D eigenvalue weighted by atomic mass is 10.1. The van der Waals surface area contributed by atoms with Crippen LogP contribution in [0.2, 0.25) is 5.02 Å². The molecule has 1 aromatic heterocycles. The predicted octanol–water partition coefficient (Wildman–Crippen LogP) is 5.35. The van der Waals surface area contributed by atoms with E-state index in [4.69, 9.17) is 16.0 Å². The Morgan fingerprint density at radius 1 is 1.13 bits per heavy atom. The van der Waals surface area contributed by atoms with Crippen LogP contribution in [0.25, 0.3) is 17.0 Å². The Hall–Kier alpha value is -2.52. The molecule has 3 rings (SSSR count). The average molecular weight is 326 g/mol. The van der Waals surface area contributed by atoms with Crippen LogP contribution in [0.1, 0.15) is 16.9 Å². The van der Waals surface area contributed by atoms with E-state index in [2.05, 4.69) is 5.32 Å². The molecule has 2 aromatic carbocycles. The fraction of sp³-hybridized carbons (Fsp3) is 0.105. The molecule has 3 nitrogen and oxygen atoms in total. The topological polar surface area (TPSA) is 42.2 Å². The lowest BCUT2D eigenvalue weighted by Crippen LogP contribution is -2.08. The number of amides is 1. The van der Waals surface area contributed by atoms with E-state index in [1.807, 2.05) is 50.2 Å². The lowest BCUT2D eigenvalue weighted by molar-refractivity contribution is -0.111. The van der Waals surface area contributed by atoms with Crippen LogP contribution in [0, 0.1) is 13.8 Å². The van der Waals surface area contributed by atoms with Gasteiger partial charge in [0.15, 0.2) is 0 Å². The van der Waals surface area contributed by atoms with Gasteiger partial charge in [-0.1, -0.05) is 29.3 Å². The van der Waals surface area contributed by atoms with E-state index in [9.17, 15) is 4.79 Å². The van der Waals surface area contributed by atoms with Crippen molar-refractivity contribution in [3.05, 3.63) is 70.5 Å². The average Bonchev–Trinajstić information content (AvgIpc) is 2.90. The fourth-order valence-corrected chi connectivity index (χ4v) is 2.58. The largest absolute Gasteiger partial charge is 0.457 e. The van der Waals surface area contributed by atoms with Crippen molar-refractivity contribution in [1.82, 2.24) is 0 Å². The molecule has 0 atom stereocenters. The highest BCUT2D eigenvalue weighted by Crippen LogP contribution is 2.23. The summed E-state index contributed by atoms with van der Waals surface area (Å²) in [6, 6.07) is 13.2. The molecule has 0 saturated carbocycles. The van der Waals surface area contributed by atoms with Crippen LogP contribution < -0.4 is 5.32 Å². The zero-order valence-corrected chi connectivity index (χ0v) is 13.6. The number of rotatable bonds is 3. The number of carbonyl (C=O) groups excluding carboxylic acids is 1. The number of halogens is 1.